The van der Waals surface area contributed by atoms with E-state index in [0.29, 0.717) is 12.8 Å². The lowest BCUT2D eigenvalue weighted by Gasteiger charge is -2.50. The van der Waals surface area contributed by atoms with E-state index in [9.17, 15) is 9.59 Å². The standard InChI is InChI=1S/C19H20O5/c1-11-4-6-18-8-13(23-16(18)20)2-3-15(18)19(11)9-14(24-17(19)21)12-5-7-22-10-12/h5,7,10,13-15H,1-4,6,8-9H2/t13-,14-,15-,18+,19+/m0/s1. The number of rotatable bonds is 1. The summed E-state index contributed by atoms with van der Waals surface area (Å²) in [6.07, 6.45) is 7.30. The molecule has 126 valence electrons. The first-order valence-corrected chi connectivity index (χ1v) is 8.69. The lowest BCUT2D eigenvalue weighted by Crippen LogP contribution is -2.53. The van der Waals surface area contributed by atoms with E-state index in [4.69, 9.17) is 13.9 Å². The molecule has 5 rings (SSSR count). The molecule has 1 aromatic heterocycles. The summed E-state index contributed by atoms with van der Waals surface area (Å²) in [7, 11) is 0. The van der Waals surface area contributed by atoms with Crippen LogP contribution < -0.4 is 0 Å². The normalized spacial score (nSPS) is 43.7. The third kappa shape index (κ3) is 1.55. The maximum Gasteiger partial charge on any atom is 0.317 e. The average molecular weight is 328 g/mol. The van der Waals surface area contributed by atoms with Crippen molar-refractivity contribution in [2.45, 2.75) is 50.7 Å². The molecule has 0 amide bonds. The molecule has 0 aromatic carbocycles. The third-order valence-corrected chi connectivity index (χ3v) is 6.85. The molecular weight excluding hydrogens is 308 g/mol. The van der Waals surface area contributed by atoms with Crippen LogP contribution >= 0.6 is 0 Å². The van der Waals surface area contributed by atoms with Gasteiger partial charge in [0.1, 0.15) is 12.2 Å². The van der Waals surface area contributed by atoms with Crippen LogP contribution in [0.3, 0.4) is 0 Å². The monoisotopic (exact) mass is 328 g/mol. The molecule has 2 saturated heterocycles. The minimum atomic E-state index is -0.755. The Kier molecular flexibility index (Phi) is 2.70. The van der Waals surface area contributed by atoms with Crippen molar-refractivity contribution in [2.24, 2.45) is 16.7 Å². The molecule has 3 heterocycles. The van der Waals surface area contributed by atoms with Gasteiger partial charge >= 0.3 is 11.9 Å². The number of hydrogen-bond donors (Lipinski definition) is 0. The fraction of sp³-hybridized carbons (Fsp3) is 0.579. The van der Waals surface area contributed by atoms with Crippen molar-refractivity contribution in [3.63, 3.8) is 0 Å². The van der Waals surface area contributed by atoms with Crippen LogP contribution in [-0.2, 0) is 19.1 Å². The Hall–Kier alpha value is -2.04. The van der Waals surface area contributed by atoms with Gasteiger partial charge in [-0.3, -0.25) is 9.59 Å². The second kappa shape index (κ2) is 4.52. The van der Waals surface area contributed by atoms with Crippen molar-refractivity contribution < 1.29 is 23.5 Å². The molecule has 2 bridgehead atoms. The zero-order chi connectivity index (χ0) is 16.5. The summed E-state index contributed by atoms with van der Waals surface area (Å²) in [6.45, 7) is 4.23. The maximum absolute atomic E-state index is 13.0. The van der Waals surface area contributed by atoms with Gasteiger partial charge in [0.05, 0.1) is 23.4 Å². The first kappa shape index (κ1) is 14.3. The van der Waals surface area contributed by atoms with Gasteiger partial charge in [0.2, 0.25) is 0 Å². The Balaban J connectivity index is 1.59. The number of carbonyl (C=O) groups excluding carboxylic acids is 2. The summed E-state index contributed by atoms with van der Waals surface area (Å²) in [4.78, 5) is 25.7. The quantitative estimate of drug-likeness (QED) is 0.584. The SMILES string of the molecule is C=C1CC[C@@]23C[C@H](CC[C@@H]2[C@@]12C[C@@H](c1ccoc1)OC2=O)OC3=O. The van der Waals surface area contributed by atoms with E-state index in [1.165, 1.54) is 0 Å². The molecule has 0 N–H and O–H groups in total. The van der Waals surface area contributed by atoms with Crippen LogP contribution in [0.25, 0.3) is 0 Å². The maximum atomic E-state index is 13.0. The second-order valence-electron chi connectivity index (χ2n) is 7.75. The van der Waals surface area contributed by atoms with E-state index in [1.54, 1.807) is 12.5 Å². The van der Waals surface area contributed by atoms with E-state index < -0.39 is 10.8 Å². The minimum Gasteiger partial charge on any atom is -0.472 e. The van der Waals surface area contributed by atoms with Crippen molar-refractivity contribution >= 4 is 11.9 Å². The Labute approximate surface area is 140 Å². The number of esters is 2. The Morgan fingerprint density at radius 2 is 2.00 bits per heavy atom. The summed E-state index contributed by atoms with van der Waals surface area (Å²) >= 11 is 0. The molecule has 5 heteroatoms. The number of hydrogen-bond acceptors (Lipinski definition) is 5. The number of carbonyl (C=O) groups is 2. The summed E-state index contributed by atoms with van der Waals surface area (Å²) in [5.74, 6) is -0.385. The van der Waals surface area contributed by atoms with Crippen molar-refractivity contribution in [1.82, 2.24) is 0 Å². The van der Waals surface area contributed by atoms with Gasteiger partial charge in [-0.05, 0) is 37.7 Å². The van der Waals surface area contributed by atoms with Gasteiger partial charge < -0.3 is 13.9 Å². The van der Waals surface area contributed by atoms with Crippen LogP contribution in [-0.4, -0.2) is 18.0 Å². The van der Waals surface area contributed by atoms with Crippen LogP contribution in [0.15, 0.2) is 35.2 Å². The Morgan fingerprint density at radius 1 is 1.12 bits per heavy atom. The zero-order valence-corrected chi connectivity index (χ0v) is 13.5. The predicted octanol–water partition coefficient (Wildman–Crippen LogP) is 3.32. The van der Waals surface area contributed by atoms with Crippen LogP contribution in [0.5, 0.6) is 0 Å². The highest BCUT2D eigenvalue weighted by Gasteiger charge is 2.69. The van der Waals surface area contributed by atoms with Crippen LogP contribution in [0.2, 0.25) is 0 Å². The smallest absolute Gasteiger partial charge is 0.317 e. The van der Waals surface area contributed by atoms with Crippen LogP contribution in [0.1, 0.15) is 50.2 Å². The molecule has 5 atom stereocenters. The van der Waals surface area contributed by atoms with Crippen molar-refractivity contribution in [2.75, 3.05) is 0 Å². The van der Waals surface area contributed by atoms with Gasteiger partial charge in [-0.2, -0.15) is 0 Å². The van der Waals surface area contributed by atoms with Gasteiger partial charge in [-0.15, -0.1) is 0 Å². The molecule has 0 radical (unpaired) electrons. The number of ether oxygens (including phenoxy) is 2. The van der Waals surface area contributed by atoms with Crippen molar-refractivity contribution in [3.05, 3.63) is 36.3 Å². The van der Waals surface area contributed by atoms with E-state index in [1.807, 2.05) is 6.07 Å². The highest BCUT2D eigenvalue weighted by atomic mass is 16.6. The van der Waals surface area contributed by atoms with E-state index in [-0.39, 0.29) is 30.1 Å². The molecule has 2 spiro atoms. The molecule has 5 nitrogen and oxygen atoms in total. The van der Waals surface area contributed by atoms with Gasteiger partial charge in [0.15, 0.2) is 0 Å². The molecule has 2 aliphatic carbocycles. The number of cyclic esters (lactones) is 1. The van der Waals surface area contributed by atoms with Gasteiger partial charge in [-0.1, -0.05) is 12.2 Å². The summed E-state index contributed by atoms with van der Waals surface area (Å²) in [6, 6.07) is 1.83. The lowest BCUT2D eigenvalue weighted by atomic mass is 9.48. The van der Waals surface area contributed by atoms with Crippen LogP contribution in [0.4, 0.5) is 0 Å². The predicted molar refractivity (Wildman–Crippen MR) is 82.6 cm³/mol. The zero-order valence-electron chi connectivity index (χ0n) is 13.5. The largest absolute Gasteiger partial charge is 0.472 e. The molecule has 1 aromatic rings. The minimum absolute atomic E-state index is 0.0271. The average Bonchev–Trinajstić information content (AvgIpc) is 3.25. The summed E-state index contributed by atoms with van der Waals surface area (Å²) in [5.41, 5.74) is 0.519. The molecule has 0 unspecified atom stereocenters. The molecule has 4 fully saturated rings. The highest BCUT2D eigenvalue weighted by molar-refractivity contribution is 5.88. The molecule has 4 aliphatic rings. The lowest BCUT2D eigenvalue weighted by molar-refractivity contribution is -0.159. The van der Waals surface area contributed by atoms with E-state index >= 15 is 0 Å². The third-order valence-electron chi connectivity index (χ3n) is 6.85. The fourth-order valence-electron chi connectivity index (χ4n) is 5.68. The highest BCUT2D eigenvalue weighted by Crippen LogP contribution is 2.67. The Morgan fingerprint density at radius 3 is 2.79 bits per heavy atom. The molecular formula is C19H20O5. The molecule has 2 saturated carbocycles. The molecule has 2 aliphatic heterocycles. The summed E-state index contributed by atoms with van der Waals surface area (Å²) < 4.78 is 16.5. The van der Waals surface area contributed by atoms with Gasteiger partial charge in [0, 0.05) is 18.4 Å². The van der Waals surface area contributed by atoms with E-state index in [2.05, 4.69) is 6.58 Å². The topological polar surface area (TPSA) is 65.7 Å². The summed E-state index contributed by atoms with van der Waals surface area (Å²) in [5, 5.41) is 0. The first-order chi connectivity index (χ1) is 11.6. The van der Waals surface area contributed by atoms with E-state index in [0.717, 1.165) is 36.8 Å². The number of fused-ring (bicyclic) bond motifs is 2. The fourth-order valence-corrected chi connectivity index (χ4v) is 5.68. The Bertz CT molecular complexity index is 735. The molecule has 24 heavy (non-hydrogen) atoms. The van der Waals surface area contributed by atoms with Gasteiger partial charge in [-0.25, -0.2) is 0 Å². The second-order valence-corrected chi connectivity index (χ2v) is 7.75. The van der Waals surface area contributed by atoms with Crippen molar-refractivity contribution in [3.8, 4) is 0 Å². The number of furan rings is 1. The van der Waals surface area contributed by atoms with Crippen LogP contribution in [0, 0.1) is 16.7 Å². The van der Waals surface area contributed by atoms with Crippen molar-refractivity contribution in [1.29, 1.82) is 0 Å². The van der Waals surface area contributed by atoms with Gasteiger partial charge in [0.25, 0.3) is 0 Å². The first-order valence-electron chi connectivity index (χ1n) is 8.69.